The molecule has 12 heteroatoms. The molecule has 3 heterocycles. The van der Waals surface area contributed by atoms with Crippen LogP contribution >= 0.6 is 0 Å². The summed E-state index contributed by atoms with van der Waals surface area (Å²) in [4.78, 5) is 10.5. The van der Waals surface area contributed by atoms with Gasteiger partial charge in [-0.15, -0.1) is 0 Å². The van der Waals surface area contributed by atoms with Gasteiger partial charge in [-0.25, -0.2) is 0 Å². The van der Waals surface area contributed by atoms with E-state index in [2.05, 4.69) is 4.72 Å². The zero-order chi connectivity index (χ0) is 20.8. The molecule has 162 valence electrons. The molecule has 3 fully saturated rings. The summed E-state index contributed by atoms with van der Waals surface area (Å²) in [5.74, 6) is -4.36. The summed E-state index contributed by atoms with van der Waals surface area (Å²) in [6.45, 7) is 6.52. The molecule has 3 saturated heterocycles. The summed E-state index contributed by atoms with van der Waals surface area (Å²) < 4.78 is 60.9. The van der Waals surface area contributed by atoms with Gasteiger partial charge in [0.2, 0.25) is 5.79 Å². The van der Waals surface area contributed by atoms with Crippen molar-refractivity contribution in [2.75, 3.05) is 19.8 Å². The number of aliphatic carboxylic acids is 1. The van der Waals surface area contributed by atoms with Gasteiger partial charge in [0.1, 0.15) is 24.9 Å². The van der Waals surface area contributed by atoms with Crippen LogP contribution in [-0.2, 0) is 43.0 Å². The fourth-order valence-corrected chi connectivity index (χ4v) is 4.38. The molecule has 0 aromatic heterocycles. The molecule has 2 N–H and O–H groups in total. The van der Waals surface area contributed by atoms with Crippen LogP contribution in [0.15, 0.2) is 0 Å². The summed E-state index contributed by atoms with van der Waals surface area (Å²) in [5.41, 5.74) is 0. The number of hydrogen-bond acceptors (Lipinski definition) is 9. The van der Waals surface area contributed by atoms with E-state index in [1.165, 1.54) is 0 Å². The van der Waals surface area contributed by atoms with Crippen LogP contribution in [0.3, 0.4) is 0 Å². The van der Waals surface area contributed by atoms with Crippen molar-refractivity contribution in [2.45, 2.75) is 76.2 Å². The van der Waals surface area contributed by atoms with Crippen LogP contribution in [0, 0.1) is 0 Å². The van der Waals surface area contributed by atoms with Gasteiger partial charge in [-0.2, -0.15) is 13.1 Å². The minimum Gasteiger partial charge on any atom is -0.481 e. The largest absolute Gasteiger partial charge is 0.481 e. The number of carbonyl (C=O) groups is 1. The number of rotatable bonds is 8. The molecular formula is C16H27NO10S. The maximum absolute atomic E-state index is 12.1. The Hall–Kier alpha value is -0.860. The van der Waals surface area contributed by atoms with Crippen molar-refractivity contribution in [3.63, 3.8) is 0 Å². The molecule has 0 radical (unpaired) electrons. The van der Waals surface area contributed by atoms with E-state index in [9.17, 15) is 13.2 Å². The molecular weight excluding hydrogens is 398 g/mol. The predicted molar refractivity (Wildman–Crippen MR) is 92.3 cm³/mol. The highest BCUT2D eigenvalue weighted by molar-refractivity contribution is 7.84. The lowest BCUT2D eigenvalue weighted by molar-refractivity contribution is -0.290. The van der Waals surface area contributed by atoms with Crippen molar-refractivity contribution in [1.29, 1.82) is 0 Å². The molecule has 0 aliphatic carbocycles. The van der Waals surface area contributed by atoms with Gasteiger partial charge in [-0.3, -0.25) is 8.98 Å². The van der Waals surface area contributed by atoms with Gasteiger partial charge in [-0.05, 0) is 34.1 Å². The van der Waals surface area contributed by atoms with Gasteiger partial charge >= 0.3 is 16.3 Å². The lowest BCUT2D eigenvalue weighted by Crippen LogP contribution is -2.60. The van der Waals surface area contributed by atoms with E-state index in [4.69, 9.17) is 33.0 Å². The first kappa shape index (κ1) is 21.8. The molecule has 0 spiro atoms. The molecule has 3 rings (SSSR count). The first-order valence-corrected chi connectivity index (χ1v) is 10.5. The molecule has 0 aromatic rings. The Morgan fingerprint density at radius 1 is 1.18 bits per heavy atom. The van der Waals surface area contributed by atoms with Crippen LogP contribution in [0.25, 0.3) is 0 Å². The number of nitrogens with one attached hydrogen (secondary N) is 1. The van der Waals surface area contributed by atoms with Gasteiger partial charge in [0, 0.05) is 13.0 Å². The van der Waals surface area contributed by atoms with Crippen LogP contribution in [0.4, 0.5) is 0 Å². The van der Waals surface area contributed by atoms with Crippen LogP contribution in [0.2, 0.25) is 0 Å². The third-order valence-electron chi connectivity index (χ3n) is 4.54. The molecule has 3 aliphatic heterocycles. The highest BCUT2D eigenvalue weighted by Crippen LogP contribution is 2.47. The Labute approximate surface area is 163 Å². The number of hydrogen-bond donors (Lipinski definition) is 2. The van der Waals surface area contributed by atoms with Gasteiger partial charge in [0.15, 0.2) is 11.6 Å². The fourth-order valence-electron chi connectivity index (χ4n) is 3.59. The topological polar surface area (TPSA) is 139 Å². The quantitative estimate of drug-likeness (QED) is 0.515. The standard InChI is InChI=1S/C16H27NO10S/c1-14(2)24-10-8-22-16(13(12(10)25-14)26-15(3,4)27-16)9-23-28(20,21)17-7-5-6-11(18)19/h10,12-13,17H,5-9H2,1-4H3,(H,18,19)/t10?,12?,13?,16-/m0/s1. The molecule has 0 saturated carbocycles. The second-order valence-corrected chi connectivity index (χ2v) is 9.34. The zero-order valence-corrected chi connectivity index (χ0v) is 17.1. The molecule has 0 amide bonds. The second-order valence-electron chi connectivity index (χ2n) is 7.91. The molecule has 28 heavy (non-hydrogen) atoms. The highest BCUT2D eigenvalue weighted by Gasteiger charge is 2.65. The number of fused-ring (bicyclic) bond motifs is 3. The zero-order valence-electron chi connectivity index (χ0n) is 16.3. The van der Waals surface area contributed by atoms with Crippen LogP contribution in [-0.4, -0.2) is 74.9 Å². The maximum Gasteiger partial charge on any atom is 0.336 e. The van der Waals surface area contributed by atoms with E-state index in [0.29, 0.717) is 0 Å². The Morgan fingerprint density at radius 2 is 1.89 bits per heavy atom. The Bertz CT molecular complexity index is 708. The number of ether oxygens (including phenoxy) is 5. The van der Waals surface area contributed by atoms with E-state index >= 15 is 0 Å². The van der Waals surface area contributed by atoms with Crippen LogP contribution in [0.1, 0.15) is 40.5 Å². The monoisotopic (exact) mass is 425 g/mol. The normalized spacial score (nSPS) is 36.1. The van der Waals surface area contributed by atoms with Crippen molar-refractivity contribution >= 4 is 16.3 Å². The van der Waals surface area contributed by atoms with Crippen molar-refractivity contribution in [3.05, 3.63) is 0 Å². The third kappa shape index (κ3) is 4.82. The second kappa shape index (κ2) is 7.43. The average molecular weight is 425 g/mol. The molecule has 11 nitrogen and oxygen atoms in total. The lowest BCUT2D eigenvalue weighted by Gasteiger charge is -2.40. The Balaban J connectivity index is 1.66. The van der Waals surface area contributed by atoms with Crippen LogP contribution in [0.5, 0.6) is 0 Å². The fraction of sp³-hybridized carbons (Fsp3) is 0.938. The molecule has 3 unspecified atom stereocenters. The first-order valence-electron chi connectivity index (χ1n) is 9.07. The predicted octanol–water partition coefficient (Wildman–Crippen LogP) is 0.100. The minimum atomic E-state index is -4.14. The SMILES string of the molecule is CC1(C)OC2CO[C@@]3(COS(=O)(=O)NCCCC(=O)O)OC(C)(C)OC3C2O1. The highest BCUT2D eigenvalue weighted by atomic mass is 32.2. The smallest absolute Gasteiger partial charge is 0.336 e. The molecule has 0 aromatic carbocycles. The van der Waals surface area contributed by atoms with Crippen molar-refractivity contribution in [2.24, 2.45) is 0 Å². The summed E-state index contributed by atoms with van der Waals surface area (Å²) >= 11 is 0. The van der Waals surface area contributed by atoms with E-state index in [1.54, 1.807) is 27.7 Å². The van der Waals surface area contributed by atoms with Crippen molar-refractivity contribution in [3.8, 4) is 0 Å². The van der Waals surface area contributed by atoms with Gasteiger partial charge in [0.05, 0.1) is 6.61 Å². The summed E-state index contributed by atoms with van der Waals surface area (Å²) in [6, 6.07) is 0. The molecule has 4 atom stereocenters. The van der Waals surface area contributed by atoms with Crippen molar-refractivity contribution in [1.82, 2.24) is 4.72 Å². The van der Waals surface area contributed by atoms with Gasteiger partial charge in [-0.1, -0.05) is 0 Å². The van der Waals surface area contributed by atoms with Crippen molar-refractivity contribution < 1.29 is 46.2 Å². The van der Waals surface area contributed by atoms with Crippen LogP contribution < -0.4 is 4.72 Å². The summed E-state index contributed by atoms with van der Waals surface area (Å²) in [6.07, 6.45) is -1.67. The third-order valence-corrected chi connectivity index (χ3v) is 5.52. The lowest BCUT2D eigenvalue weighted by atomic mass is 9.98. The van der Waals surface area contributed by atoms with E-state index in [-0.39, 0.29) is 32.1 Å². The number of carboxylic acids is 1. The Kier molecular flexibility index (Phi) is 5.80. The summed E-state index contributed by atoms with van der Waals surface area (Å²) in [7, 11) is -4.14. The summed E-state index contributed by atoms with van der Waals surface area (Å²) in [5, 5.41) is 8.60. The molecule has 3 aliphatic rings. The van der Waals surface area contributed by atoms with E-state index in [1.807, 2.05) is 0 Å². The van der Waals surface area contributed by atoms with E-state index in [0.717, 1.165) is 0 Å². The minimum absolute atomic E-state index is 0.0649. The first-order chi connectivity index (χ1) is 12.8. The van der Waals surface area contributed by atoms with E-state index < -0.39 is 52.4 Å². The number of carboxylic acid groups (broad SMARTS) is 1. The Morgan fingerprint density at radius 3 is 2.57 bits per heavy atom. The van der Waals surface area contributed by atoms with Gasteiger partial charge < -0.3 is 28.8 Å². The average Bonchev–Trinajstić information content (AvgIpc) is 3.01. The maximum atomic E-state index is 12.1. The molecule has 0 bridgehead atoms. The van der Waals surface area contributed by atoms with Gasteiger partial charge in [0.25, 0.3) is 0 Å².